The van der Waals surface area contributed by atoms with E-state index in [9.17, 15) is 0 Å². The Hall–Kier alpha value is -6.00. The van der Waals surface area contributed by atoms with Crippen molar-refractivity contribution in [2.24, 2.45) is 0 Å². The third-order valence-electron chi connectivity index (χ3n) is 7.70. The van der Waals surface area contributed by atoms with Crippen LogP contribution in [-0.4, -0.2) is 19.9 Å². The zero-order valence-electron chi connectivity index (χ0n) is 26.0. The second-order valence-electron chi connectivity index (χ2n) is 10.6. The van der Waals surface area contributed by atoms with Gasteiger partial charge in [-0.3, -0.25) is 19.9 Å². The molecular weight excluding hydrogens is 560 g/mol. The lowest BCUT2D eigenvalue weighted by molar-refractivity contribution is 1.32. The average Bonchev–Trinajstić information content (AvgIpc) is 3.16. The molecule has 4 heterocycles. The van der Waals surface area contributed by atoms with Crippen LogP contribution in [-0.2, 0) is 0 Å². The summed E-state index contributed by atoms with van der Waals surface area (Å²) in [6, 6.07) is 36.2. The monoisotopic (exact) mass is 594 g/mol. The molecule has 0 spiro atoms. The van der Waals surface area contributed by atoms with E-state index >= 15 is 0 Å². The van der Waals surface area contributed by atoms with Crippen molar-refractivity contribution in [1.82, 2.24) is 19.9 Å². The highest BCUT2D eigenvalue weighted by atomic mass is 14.6. The quantitative estimate of drug-likeness (QED) is 0.184. The summed E-state index contributed by atoms with van der Waals surface area (Å²) in [6.45, 7) is 8.13. The minimum Gasteiger partial charge on any atom is -0.264 e. The first-order valence-corrected chi connectivity index (χ1v) is 15.4. The van der Waals surface area contributed by atoms with Crippen molar-refractivity contribution < 1.29 is 0 Å². The fraction of sp³-hybridized carbons (Fsp3) is 0.0476. The molecular formula is C42H34N4. The lowest BCUT2D eigenvalue weighted by Crippen LogP contribution is -1.90. The van der Waals surface area contributed by atoms with Gasteiger partial charge in [-0.2, -0.15) is 0 Å². The van der Waals surface area contributed by atoms with E-state index in [1.807, 2.05) is 69.0 Å². The molecule has 0 saturated heterocycles. The molecule has 7 aromatic rings. The topological polar surface area (TPSA) is 51.6 Å². The molecule has 0 bridgehead atoms. The Bertz CT molecular complexity index is 1800. The standard InChI is InChI=1S/C40H28N4.C2H6/c1-2-28-15-33(39-20-35(29-7-3-11-41-24-29)18-36(21-39)30-8-4-12-42-25-30)17-34(16-28)40-22-37(31-9-5-13-43-26-31)19-38(23-40)32-10-6-14-44-27-32;1-2/h2-27H,1H2;1-2H3. The van der Waals surface area contributed by atoms with Crippen molar-refractivity contribution in [3.8, 4) is 66.8 Å². The van der Waals surface area contributed by atoms with Crippen LogP contribution >= 0.6 is 0 Å². The number of nitrogens with zero attached hydrogens (tertiary/aromatic N) is 4. The summed E-state index contributed by atoms with van der Waals surface area (Å²) < 4.78 is 0. The fourth-order valence-corrected chi connectivity index (χ4v) is 5.49. The van der Waals surface area contributed by atoms with Gasteiger partial charge >= 0.3 is 0 Å². The lowest BCUT2D eigenvalue weighted by atomic mass is 9.90. The van der Waals surface area contributed by atoms with E-state index in [0.717, 1.165) is 72.3 Å². The zero-order valence-corrected chi connectivity index (χ0v) is 26.0. The molecule has 4 nitrogen and oxygen atoms in total. The second-order valence-corrected chi connectivity index (χ2v) is 10.6. The molecule has 7 rings (SSSR count). The summed E-state index contributed by atoms with van der Waals surface area (Å²) in [5.74, 6) is 0. The first kappa shape index (κ1) is 30.0. The molecule has 0 saturated carbocycles. The normalized spacial score (nSPS) is 10.5. The Morgan fingerprint density at radius 2 is 0.609 bits per heavy atom. The van der Waals surface area contributed by atoms with Gasteiger partial charge in [-0.1, -0.05) is 50.8 Å². The largest absolute Gasteiger partial charge is 0.264 e. The van der Waals surface area contributed by atoms with E-state index in [0.29, 0.717) is 0 Å². The molecule has 0 radical (unpaired) electrons. The average molecular weight is 595 g/mol. The van der Waals surface area contributed by atoms with E-state index in [-0.39, 0.29) is 0 Å². The summed E-state index contributed by atoms with van der Waals surface area (Å²) in [5, 5.41) is 0. The van der Waals surface area contributed by atoms with Gasteiger partial charge in [0, 0.05) is 71.8 Å². The number of aromatic nitrogens is 4. The highest BCUT2D eigenvalue weighted by molar-refractivity contribution is 5.86. The van der Waals surface area contributed by atoms with Crippen molar-refractivity contribution in [2.75, 3.05) is 0 Å². The van der Waals surface area contributed by atoms with Crippen LogP contribution in [0.4, 0.5) is 0 Å². The van der Waals surface area contributed by atoms with E-state index < -0.39 is 0 Å². The molecule has 0 aliphatic heterocycles. The molecule has 4 heteroatoms. The summed E-state index contributed by atoms with van der Waals surface area (Å²) in [6.07, 6.45) is 16.7. The maximum absolute atomic E-state index is 4.38. The maximum Gasteiger partial charge on any atom is 0.0346 e. The fourth-order valence-electron chi connectivity index (χ4n) is 5.49. The SMILES string of the molecule is C=Cc1cc(-c2cc(-c3cccnc3)cc(-c3cccnc3)c2)cc(-c2cc(-c3cccnc3)cc(-c3cccnc3)c2)c1.CC. The molecule has 46 heavy (non-hydrogen) atoms. The number of hydrogen-bond acceptors (Lipinski definition) is 4. The Morgan fingerprint density at radius 1 is 0.370 bits per heavy atom. The molecule has 0 atom stereocenters. The molecule has 0 aliphatic carbocycles. The molecule has 4 aromatic heterocycles. The van der Waals surface area contributed by atoms with Gasteiger partial charge in [-0.05, 0) is 129 Å². The van der Waals surface area contributed by atoms with Crippen LogP contribution in [0.2, 0.25) is 0 Å². The van der Waals surface area contributed by atoms with Crippen LogP contribution in [0, 0.1) is 0 Å². The zero-order chi connectivity index (χ0) is 31.7. The highest BCUT2D eigenvalue weighted by Crippen LogP contribution is 2.37. The minimum absolute atomic E-state index is 1.04. The van der Waals surface area contributed by atoms with Gasteiger partial charge in [0.25, 0.3) is 0 Å². The van der Waals surface area contributed by atoms with Gasteiger partial charge < -0.3 is 0 Å². The van der Waals surface area contributed by atoms with Crippen LogP contribution in [0.5, 0.6) is 0 Å². The van der Waals surface area contributed by atoms with E-state index in [1.54, 1.807) is 24.8 Å². The van der Waals surface area contributed by atoms with Crippen LogP contribution in [0.3, 0.4) is 0 Å². The van der Waals surface area contributed by atoms with Crippen LogP contribution in [0.25, 0.3) is 72.8 Å². The van der Waals surface area contributed by atoms with Crippen molar-refractivity contribution in [3.63, 3.8) is 0 Å². The third kappa shape index (κ3) is 6.72. The van der Waals surface area contributed by atoms with E-state index in [4.69, 9.17) is 0 Å². The van der Waals surface area contributed by atoms with Crippen molar-refractivity contribution in [3.05, 3.63) is 165 Å². The van der Waals surface area contributed by atoms with Gasteiger partial charge in [0.1, 0.15) is 0 Å². The number of hydrogen-bond donors (Lipinski definition) is 0. The number of rotatable bonds is 7. The summed E-state index contributed by atoms with van der Waals surface area (Å²) in [7, 11) is 0. The van der Waals surface area contributed by atoms with Crippen LogP contribution < -0.4 is 0 Å². The first-order valence-electron chi connectivity index (χ1n) is 15.4. The molecule has 0 unspecified atom stereocenters. The maximum atomic E-state index is 4.38. The summed E-state index contributed by atoms with van der Waals surface area (Å²) >= 11 is 0. The van der Waals surface area contributed by atoms with Crippen LogP contribution in [0.15, 0.2) is 159 Å². The first-order chi connectivity index (χ1) is 22.7. The van der Waals surface area contributed by atoms with E-state index in [1.165, 1.54) is 0 Å². The van der Waals surface area contributed by atoms with Crippen molar-refractivity contribution in [2.45, 2.75) is 13.8 Å². The Kier molecular flexibility index (Phi) is 9.27. The van der Waals surface area contributed by atoms with Gasteiger partial charge in [0.05, 0.1) is 0 Å². The van der Waals surface area contributed by atoms with E-state index in [2.05, 4.69) is 105 Å². The smallest absolute Gasteiger partial charge is 0.0346 e. The minimum atomic E-state index is 1.04. The predicted molar refractivity (Wildman–Crippen MR) is 192 cm³/mol. The molecule has 0 aliphatic rings. The molecule has 0 N–H and O–H groups in total. The van der Waals surface area contributed by atoms with Gasteiger partial charge in [-0.15, -0.1) is 0 Å². The summed E-state index contributed by atoms with van der Waals surface area (Å²) in [4.78, 5) is 17.5. The lowest BCUT2D eigenvalue weighted by Gasteiger charge is -2.15. The van der Waals surface area contributed by atoms with Gasteiger partial charge in [0.15, 0.2) is 0 Å². The number of pyridine rings is 4. The summed E-state index contributed by atoms with van der Waals surface area (Å²) in [5.41, 5.74) is 14.1. The second kappa shape index (κ2) is 14.2. The predicted octanol–water partition coefficient (Wildman–Crippen LogP) is 10.9. The molecule has 0 fully saturated rings. The highest BCUT2D eigenvalue weighted by Gasteiger charge is 2.12. The molecule has 222 valence electrons. The van der Waals surface area contributed by atoms with Gasteiger partial charge in [0.2, 0.25) is 0 Å². The van der Waals surface area contributed by atoms with Gasteiger partial charge in [-0.25, -0.2) is 0 Å². The Morgan fingerprint density at radius 3 is 0.826 bits per heavy atom. The molecule has 3 aromatic carbocycles. The van der Waals surface area contributed by atoms with Crippen molar-refractivity contribution >= 4 is 6.08 Å². The Labute approximate surface area is 270 Å². The third-order valence-corrected chi connectivity index (χ3v) is 7.70. The molecule has 0 amide bonds. The Balaban J connectivity index is 0.00000182. The van der Waals surface area contributed by atoms with Crippen molar-refractivity contribution in [1.29, 1.82) is 0 Å². The number of benzene rings is 3. The van der Waals surface area contributed by atoms with Crippen LogP contribution in [0.1, 0.15) is 19.4 Å².